The second-order valence-corrected chi connectivity index (χ2v) is 6.70. The van der Waals surface area contributed by atoms with Crippen molar-refractivity contribution in [1.82, 2.24) is 0 Å². The van der Waals surface area contributed by atoms with Crippen LogP contribution in [0.2, 0.25) is 0 Å². The maximum atomic E-state index is 10.00. The molecule has 0 heterocycles. The van der Waals surface area contributed by atoms with E-state index in [4.69, 9.17) is 0 Å². The average molecular weight is 290 g/mol. The number of aliphatic hydroxyl groups excluding tert-OH is 1. The largest absolute Gasteiger partial charge is 0.508 e. The van der Waals surface area contributed by atoms with Gasteiger partial charge in [-0.15, -0.1) is 0 Å². The fraction of sp³-hybridized carbons (Fsp3) is 0.684. The van der Waals surface area contributed by atoms with Crippen LogP contribution in [0.5, 0.6) is 5.75 Å². The van der Waals surface area contributed by atoms with E-state index in [1.165, 1.54) is 37.7 Å². The van der Waals surface area contributed by atoms with Gasteiger partial charge in [-0.25, -0.2) is 0 Å². The molecule has 1 aromatic carbocycles. The molecule has 2 N–H and O–H groups in total. The molecule has 0 aromatic heterocycles. The van der Waals surface area contributed by atoms with Crippen LogP contribution in [0.1, 0.15) is 76.2 Å². The van der Waals surface area contributed by atoms with Crippen molar-refractivity contribution >= 4 is 0 Å². The molecular weight excluding hydrogens is 260 g/mol. The molecule has 118 valence electrons. The highest BCUT2D eigenvalue weighted by Gasteiger charge is 2.23. The van der Waals surface area contributed by atoms with E-state index in [1.807, 2.05) is 12.1 Å². The third-order valence-electron chi connectivity index (χ3n) is 4.92. The van der Waals surface area contributed by atoms with E-state index < -0.39 is 0 Å². The van der Waals surface area contributed by atoms with Gasteiger partial charge in [-0.2, -0.15) is 0 Å². The Hall–Kier alpha value is -1.02. The minimum absolute atomic E-state index is 0.105. The van der Waals surface area contributed by atoms with E-state index in [2.05, 4.69) is 13.0 Å². The molecular formula is C19H30O2. The van der Waals surface area contributed by atoms with Gasteiger partial charge in [-0.1, -0.05) is 44.7 Å². The summed E-state index contributed by atoms with van der Waals surface area (Å²) < 4.78 is 0. The van der Waals surface area contributed by atoms with Gasteiger partial charge in [-0.3, -0.25) is 0 Å². The van der Waals surface area contributed by atoms with Crippen molar-refractivity contribution in [2.75, 3.05) is 0 Å². The second-order valence-electron chi connectivity index (χ2n) is 6.70. The number of hydrogen-bond acceptors (Lipinski definition) is 2. The van der Waals surface area contributed by atoms with Crippen LogP contribution in [0.15, 0.2) is 24.3 Å². The third kappa shape index (κ3) is 5.35. The second kappa shape index (κ2) is 8.43. The number of aromatic hydroxyl groups is 1. The van der Waals surface area contributed by atoms with Crippen molar-refractivity contribution in [2.24, 2.45) is 5.92 Å². The van der Waals surface area contributed by atoms with Crippen molar-refractivity contribution in [3.8, 4) is 5.75 Å². The van der Waals surface area contributed by atoms with Crippen LogP contribution in [0.25, 0.3) is 0 Å². The van der Waals surface area contributed by atoms with Crippen molar-refractivity contribution < 1.29 is 10.2 Å². The van der Waals surface area contributed by atoms with Crippen molar-refractivity contribution in [1.29, 1.82) is 0 Å². The number of benzene rings is 1. The van der Waals surface area contributed by atoms with Gasteiger partial charge in [0.05, 0.1) is 6.10 Å². The number of phenols is 1. The zero-order valence-corrected chi connectivity index (χ0v) is 13.3. The quantitative estimate of drug-likeness (QED) is 0.742. The third-order valence-corrected chi connectivity index (χ3v) is 4.92. The monoisotopic (exact) mass is 290 g/mol. The van der Waals surface area contributed by atoms with Crippen LogP contribution in [0.3, 0.4) is 0 Å². The Morgan fingerprint density at radius 2 is 2.10 bits per heavy atom. The first kappa shape index (κ1) is 16.4. The lowest BCUT2D eigenvalue weighted by Gasteiger charge is -2.30. The molecule has 0 bridgehead atoms. The van der Waals surface area contributed by atoms with Crippen LogP contribution in [-0.4, -0.2) is 16.3 Å². The fourth-order valence-corrected chi connectivity index (χ4v) is 3.65. The minimum Gasteiger partial charge on any atom is -0.508 e. The maximum Gasteiger partial charge on any atom is 0.115 e. The van der Waals surface area contributed by atoms with E-state index >= 15 is 0 Å². The van der Waals surface area contributed by atoms with Gasteiger partial charge in [0.25, 0.3) is 0 Å². The number of hydrogen-bond donors (Lipinski definition) is 2. The molecule has 1 aliphatic rings. The minimum atomic E-state index is -0.105. The molecule has 1 saturated carbocycles. The number of phenolic OH excluding ortho intramolecular Hbond substituents is 1. The van der Waals surface area contributed by atoms with Gasteiger partial charge in [-0.05, 0) is 61.6 Å². The molecule has 21 heavy (non-hydrogen) atoms. The van der Waals surface area contributed by atoms with Crippen molar-refractivity contribution in [3.63, 3.8) is 0 Å². The summed E-state index contributed by atoms with van der Waals surface area (Å²) in [6, 6.07) is 7.75. The Labute approximate surface area is 129 Å². The zero-order chi connectivity index (χ0) is 15.1. The Kier molecular flexibility index (Phi) is 6.56. The lowest BCUT2D eigenvalue weighted by Crippen LogP contribution is -2.16. The average Bonchev–Trinajstić information content (AvgIpc) is 2.51. The summed E-state index contributed by atoms with van der Waals surface area (Å²) >= 11 is 0. The van der Waals surface area contributed by atoms with Crippen molar-refractivity contribution in [2.45, 2.75) is 76.7 Å². The molecule has 1 fully saturated rings. The molecule has 2 unspecified atom stereocenters. The van der Waals surface area contributed by atoms with Gasteiger partial charge in [0, 0.05) is 0 Å². The molecule has 0 amide bonds. The van der Waals surface area contributed by atoms with Gasteiger partial charge < -0.3 is 10.2 Å². The van der Waals surface area contributed by atoms with Gasteiger partial charge in [0.15, 0.2) is 0 Å². The number of unbranched alkanes of at least 4 members (excludes halogenated alkanes) is 1. The topological polar surface area (TPSA) is 40.5 Å². The first-order valence-corrected chi connectivity index (χ1v) is 8.66. The van der Waals surface area contributed by atoms with E-state index in [0.29, 0.717) is 11.7 Å². The molecule has 0 radical (unpaired) electrons. The van der Waals surface area contributed by atoms with Crippen LogP contribution >= 0.6 is 0 Å². The smallest absolute Gasteiger partial charge is 0.115 e. The Morgan fingerprint density at radius 3 is 2.86 bits per heavy atom. The fourth-order valence-electron chi connectivity index (χ4n) is 3.65. The predicted molar refractivity (Wildman–Crippen MR) is 87.6 cm³/mol. The van der Waals surface area contributed by atoms with Gasteiger partial charge in [0.1, 0.15) is 5.75 Å². The Bertz CT molecular complexity index is 416. The Balaban J connectivity index is 1.81. The molecule has 1 aromatic rings. The van der Waals surface area contributed by atoms with E-state index in [0.717, 1.165) is 31.6 Å². The first-order valence-electron chi connectivity index (χ1n) is 8.66. The summed E-state index contributed by atoms with van der Waals surface area (Å²) in [7, 11) is 0. The highest BCUT2D eigenvalue weighted by Crippen LogP contribution is 2.39. The van der Waals surface area contributed by atoms with E-state index in [9.17, 15) is 10.2 Å². The molecule has 0 aliphatic heterocycles. The van der Waals surface area contributed by atoms with Crippen LogP contribution in [0, 0.1) is 5.92 Å². The Morgan fingerprint density at radius 1 is 1.24 bits per heavy atom. The summed E-state index contributed by atoms with van der Waals surface area (Å²) in [4.78, 5) is 0. The van der Waals surface area contributed by atoms with E-state index in [1.54, 1.807) is 6.07 Å². The highest BCUT2D eigenvalue weighted by atomic mass is 16.3. The highest BCUT2D eigenvalue weighted by molar-refractivity contribution is 5.30. The number of aliphatic hydroxyl groups is 1. The summed E-state index contributed by atoms with van der Waals surface area (Å²) in [5.41, 5.74) is 1.28. The normalized spacial score (nSPS) is 23.9. The maximum absolute atomic E-state index is 10.00. The van der Waals surface area contributed by atoms with Gasteiger partial charge >= 0.3 is 0 Å². The first-order chi connectivity index (χ1) is 10.2. The summed E-state index contributed by atoms with van der Waals surface area (Å²) in [6.45, 7) is 2.17. The molecule has 0 saturated heterocycles. The predicted octanol–water partition coefficient (Wildman–Crippen LogP) is 5.00. The van der Waals surface area contributed by atoms with Crippen LogP contribution < -0.4 is 0 Å². The molecule has 2 heteroatoms. The zero-order valence-electron chi connectivity index (χ0n) is 13.3. The lowest BCUT2D eigenvalue weighted by molar-refractivity contribution is 0.136. The lowest BCUT2D eigenvalue weighted by atomic mass is 9.76. The molecule has 2 nitrogen and oxygen atoms in total. The SMILES string of the molecule is CCCCC(O)CCC1CCC[C@H](c2cccc(O)c2)C1. The molecule has 2 rings (SSSR count). The molecule has 1 aliphatic carbocycles. The summed E-state index contributed by atoms with van der Waals surface area (Å²) in [5.74, 6) is 1.70. The summed E-state index contributed by atoms with van der Waals surface area (Å²) in [5, 5.41) is 19.6. The van der Waals surface area contributed by atoms with Crippen LogP contribution in [0.4, 0.5) is 0 Å². The van der Waals surface area contributed by atoms with Crippen LogP contribution in [-0.2, 0) is 0 Å². The summed E-state index contributed by atoms with van der Waals surface area (Å²) in [6.07, 6.45) is 10.3. The van der Waals surface area contributed by atoms with E-state index in [-0.39, 0.29) is 6.10 Å². The molecule has 3 atom stereocenters. The molecule has 0 spiro atoms. The standard InChI is InChI=1S/C19H30O2/c1-2-3-9-18(20)12-11-15-6-4-7-16(13-15)17-8-5-10-19(21)14-17/h5,8,10,14-16,18,20-21H,2-4,6-7,9,11-13H2,1H3/t15?,16-,18?/m0/s1. The number of rotatable bonds is 7. The van der Waals surface area contributed by atoms with Gasteiger partial charge in [0.2, 0.25) is 0 Å². The van der Waals surface area contributed by atoms with Crippen molar-refractivity contribution in [3.05, 3.63) is 29.8 Å².